The van der Waals surface area contributed by atoms with Gasteiger partial charge in [-0.15, -0.1) is 0 Å². The highest BCUT2D eigenvalue weighted by atomic mass is 35.5. The quantitative estimate of drug-likeness (QED) is 0.396. The molecule has 3 rings (SSSR count). The molecule has 0 unspecified atom stereocenters. The monoisotopic (exact) mass is 498 g/mol. The molecule has 0 atom stereocenters. The van der Waals surface area contributed by atoms with Gasteiger partial charge in [-0.3, -0.25) is 23.5 Å². The van der Waals surface area contributed by atoms with E-state index in [1.807, 2.05) is 26.0 Å². The van der Waals surface area contributed by atoms with E-state index in [0.29, 0.717) is 54.2 Å². The third kappa shape index (κ3) is 7.29. The molecule has 0 saturated heterocycles. The Kier molecular flexibility index (Phi) is 9.25. The summed E-state index contributed by atoms with van der Waals surface area (Å²) >= 11 is 5.90. The van der Waals surface area contributed by atoms with Gasteiger partial charge in [0.05, 0.1) is 10.9 Å². The Labute approximate surface area is 208 Å². The zero-order valence-corrected chi connectivity index (χ0v) is 20.8. The standard InChI is InChI=1S/C26H31ClN4O4/c1-18(2)15-28-23(32)9-5-6-14-30-25(34)21-7-3-4-8-22(21)31(26(30)35)17-24(33)29-16-19-10-12-20(27)13-11-19/h3-4,7-8,10-13,18H,5-6,9,14-17H2,1-2H3,(H,28,32)(H,29,33). The Morgan fingerprint density at radius 1 is 0.914 bits per heavy atom. The van der Waals surface area contributed by atoms with E-state index in [1.165, 1.54) is 4.57 Å². The van der Waals surface area contributed by atoms with Gasteiger partial charge in [0.1, 0.15) is 6.54 Å². The molecule has 2 aromatic carbocycles. The first-order valence-electron chi connectivity index (χ1n) is 11.8. The average Bonchev–Trinajstić information content (AvgIpc) is 2.84. The molecule has 1 aromatic heterocycles. The highest BCUT2D eigenvalue weighted by molar-refractivity contribution is 6.30. The van der Waals surface area contributed by atoms with Gasteiger partial charge in [-0.1, -0.05) is 49.7 Å². The van der Waals surface area contributed by atoms with E-state index < -0.39 is 11.2 Å². The van der Waals surface area contributed by atoms with Crippen LogP contribution in [0.4, 0.5) is 0 Å². The molecule has 0 aliphatic rings. The van der Waals surface area contributed by atoms with Crippen LogP contribution in [0.15, 0.2) is 58.1 Å². The summed E-state index contributed by atoms with van der Waals surface area (Å²) in [4.78, 5) is 50.8. The van der Waals surface area contributed by atoms with E-state index in [4.69, 9.17) is 11.6 Å². The number of rotatable bonds is 11. The largest absolute Gasteiger partial charge is 0.356 e. The summed E-state index contributed by atoms with van der Waals surface area (Å²) in [5, 5.41) is 6.64. The average molecular weight is 499 g/mol. The minimum atomic E-state index is -0.542. The first-order valence-corrected chi connectivity index (χ1v) is 12.1. The molecule has 1 heterocycles. The van der Waals surface area contributed by atoms with Crippen LogP contribution in [0.3, 0.4) is 0 Å². The van der Waals surface area contributed by atoms with Crippen molar-refractivity contribution >= 4 is 34.3 Å². The van der Waals surface area contributed by atoms with Crippen LogP contribution in [0.1, 0.15) is 38.7 Å². The van der Waals surface area contributed by atoms with Crippen molar-refractivity contribution in [2.75, 3.05) is 6.54 Å². The number of hydrogen-bond donors (Lipinski definition) is 2. The van der Waals surface area contributed by atoms with Crippen LogP contribution in [0, 0.1) is 5.92 Å². The number of para-hydroxylation sites is 1. The lowest BCUT2D eigenvalue weighted by Gasteiger charge is -2.14. The SMILES string of the molecule is CC(C)CNC(=O)CCCCn1c(=O)c2ccccc2n(CC(=O)NCc2ccc(Cl)cc2)c1=O. The van der Waals surface area contributed by atoms with Crippen LogP contribution in [0.2, 0.25) is 5.02 Å². The molecular formula is C26H31ClN4O4. The van der Waals surface area contributed by atoms with Gasteiger partial charge in [0.15, 0.2) is 0 Å². The summed E-state index contributed by atoms with van der Waals surface area (Å²) in [6.45, 7) is 4.91. The van der Waals surface area contributed by atoms with Crippen molar-refractivity contribution in [1.29, 1.82) is 0 Å². The minimum Gasteiger partial charge on any atom is -0.356 e. The summed E-state index contributed by atoms with van der Waals surface area (Å²) in [5.74, 6) is -0.0180. The maximum Gasteiger partial charge on any atom is 0.331 e. The highest BCUT2D eigenvalue weighted by Crippen LogP contribution is 2.10. The predicted molar refractivity (Wildman–Crippen MR) is 137 cm³/mol. The predicted octanol–water partition coefficient (Wildman–Crippen LogP) is 3.08. The Hall–Kier alpha value is -3.39. The van der Waals surface area contributed by atoms with E-state index in [1.54, 1.807) is 36.4 Å². The second kappa shape index (κ2) is 12.4. The second-order valence-corrected chi connectivity index (χ2v) is 9.34. The molecule has 0 fully saturated rings. The normalized spacial score (nSPS) is 11.1. The van der Waals surface area contributed by atoms with Gasteiger partial charge in [-0.05, 0) is 48.6 Å². The number of aromatic nitrogens is 2. The second-order valence-electron chi connectivity index (χ2n) is 8.90. The number of nitrogens with one attached hydrogen (secondary N) is 2. The molecule has 0 aliphatic carbocycles. The molecule has 9 heteroatoms. The number of benzene rings is 2. The number of amides is 2. The molecule has 0 radical (unpaired) electrons. The molecule has 3 aromatic rings. The maximum atomic E-state index is 13.2. The lowest BCUT2D eigenvalue weighted by atomic mass is 10.2. The third-order valence-electron chi connectivity index (χ3n) is 5.58. The van der Waals surface area contributed by atoms with E-state index in [0.717, 1.165) is 10.1 Å². The van der Waals surface area contributed by atoms with Crippen molar-refractivity contribution in [3.8, 4) is 0 Å². The Morgan fingerprint density at radius 2 is 1.63 bits per heavy atom. The van der Waals surface area contributed by atoms with Crippen LogP contribution >= 0.6 is 11.6 Å². The molecular weight excluding hydrogens is 468 g/mol. The smallest absolute Gasteiger partial charge is 0.331 e. The third-order valence-corrected chi connectivity index (χ3v) is 5.83. The molecule has 186 valence electrons. The van der Waals surface area contributed by atoms with Gasteiger partial charge >= 0.3 is 5.69 Å². The molecule has 0 spiro atoms. The number of nitrogens with zero attached hydrogens (tertiary/aromatic N) is 2. The summed E-state index contributed by atoms with van der Waals surface area (Å²) in [5.41, 5.74) is 0.350. The highest BCUT2D eigenvalue weighted by Gasteiger charge is 2.15. The van der Waals surface area contributed by atoms with Gasteiger partial charge in [0.25, 0.3) is 5.56 Å². The summed E-state index contributed by atoms with van der Waals surface area (Å²) in [7, 11) is 0. The van der Waals surface area contributed by atoms with Crippen molar-refractivity contribution in [1.82, 2.24) is 19.8 Å². The zero-order valence-electron chi connectivity index (χ0n) is 20.1. The van der Waals surface area contributed by atoms with Crippen LogP contribution in [0.25, 0.3) is 10.9 Å². The van der Waals surface area contributed by atoms with Gasteiger partial charge in [-0.25, -0.2) is 4.79 Å². The van der Waals surface area contributed by atoms with Crippen molar-refractivity contribution in [2.45, 2.75) is 52.7 Å². The van der Waals surface area contributed by atoms with Gasteiger partial charge in [0, 0.05) is 31.1 Å². The molecule has 0 bridgehead atoms. The number of halogens is 1. The number of carbonyl (C=O) groups excluding carboxylic acids is 2. The Bertz CT molecular complexity index is 1300. The zero-order chi connectivity index (χ0) is 25.4. The molecule has 0 aliphatic heterocycles. The van der Waals surface area contributed by atoms with Crippen molar-refractivity contribution in [2.24, 2.45) is 5.92 Å². The molecule has 8 nitrogen and oxygen atoms in total. The van der Waals surface area contributed by atoms with E-state index >= 15 is 0 Å². The van der Waals surface area contributed by atoms with Gasteiger partial charge < -0.3 is 10.6 Å². The van der Waals surface area contributed by atoms with Crippen molar-refractivity contribution in [3.05, 3.63) is 80.0 Å². The number of fused-ring (bicyclic) bond motifs is 1. The van der Waals surface area contributed by atoms with Gasteiger partial charge in [-0.2, -0.15) is 0 Å². The molecule has 0 saturated carbocycles. The van der Waals surface area contributed by atoms with Crippen molar-refractivity contribution in [3.63, 3.8) is 0 Å². The van der Waals surface area contributed by atoms with Gasteiger partial charge in [0.2, 0.25) is 11.8 Å². The molecule has 35 heavy (non-hydrogen) atoms. The molecule has 2 N–H and O–H groups in total. The number of hydrogen-bond acceptors (Lipinski definition) is 4. The summed E-state index contributed by atoms with van der Waals surface area (Å²) < 4.78 is 2.48. The van der Waals surface area contributed by atoms with Crippen LogP contribution in [0.5, 0.6) is 0 Å². The Morgan fingerprint density at radius 3 is 2.34 bits per heavy atom. The molecule has 2 amide bonds. The topological polar surface area (TPSA) is 102 Å². The maximum absolute atomic E-state index is 13.2. The van der Waals surface area contributed by atoms with Crippen LogP contribution in [-0.4, -0.2) is 27.5 Å². The van der Waals surface area contributed by atoms with Crippen LogP contribution < -0.4 is 21.9 Å². The Balaban J connectivity index is 1.72. The first-order chi connectivity index (χ1) is 16.8. The fourth-order valence-electron chi connectivity index (χ4n) is 3.69. The van der Waals surface area contributed by atoms with E-state index in [2.05, 4.69) is 10.6 Å². The first kappa shape index (κ1) is 26.2. The van der Waals surface area contributed by atoms with Crippen molar-refractivity contribution < 1.29 is 9.59 Å². The van der Waals surface area contributed by atoms with E-state index in [9.17, 15) is 19.2 Å². The summed E-state index contributed by atoms with van der Waals surface area (Å²) in [6, 6.07) is 13.9. The number of unbranched alkanes of at least 4 members (excludes halogenated alkanes) is 1. The minimum absolute atomic E-state index is 0.0423. The fourth-order valence-corrected chi connectivity index (χ4v) is 3.81. The summed E-state index contributed by atoms with van der Waals surface area (Å²) in [6.07, 6.45) is 1.37. The fraction of sp³-hybridized carbons (Fsp3) is 0.385. The lowest BCUT2D eigenvalue weighted by Crippen LogP contribution is -2.42. The lowest BCUT2D eigenvalue weighted by molar-refractivity contribution is -0.122. The van der Waals surface area contributed by atoms with E-state index in [-0.39, 0.29) is 24.9 Å². The van der Waals surface area contributed by atoms with Crippen LogP contribution in [-0.2, 0) is 29.2 Å². The number of carbonyl (C=O) groups is 2.